The molecular weight excluding hydrogens is 336 g/mol. The molecular formula is C15H22N2O4S2. The number of amides is 1. The van der Waals surface area contributed by atoms with E-state index in [0.29, 0.717) is 5.75 Å². The number of carbonyl (C=O) groups is 2. The Labute approximate surface area is 144 Å². The second-order valence-corrected chi connectivity index (χ2v) is 7.85. The van der Waals surface area contributed by atoms with Crippen molar-refractivity contribution in [1.82, 2.24) is 10.3 Å². The summed E-state index contributed by atoms with van der Waals surface area (Å²) in [5.41, 5.74) is -0.626. The zero-order valence-electron chi connectivity index (χ0n) is 13.7. The van der Waals surface area contributed by atoms with Gasteiger partial charge in [0.05, 0.1) is 6.61 Å². The van der Waals surface area contributed by atoms with Crippen LogP contribution in [-0.4, -0.2) is 41.0 Å². The Morgan fingerprint density at radius 3 is 2.65 bits per heavy atom. The molecule has 0 aliphatic heterocycles. The zero-order chi connectivity index (χ0) is 17.3. The Kier molecular flexibility index (Phi) is 8.25. The van der Waals surface area contributed by atoms with Gasteiger partial charge >= 0.3 is 12.1 Å². The molecule has 0 spiro atoms. The summed E-state index contributed by atoms with van der Waals surface area (Å²) >= 11 is 0. The van der Waals surface area contributed by atoms with Crippen molar-refractivity contribution < 1.29 is 19.1 Å². The molecule has 0 saturated heterocycles. The lowest BCUT2D eigenvalue weighted by molar-refractivity contribution is -0.144. The molecule has 1 amide bonds. The zero-order valence-corrected chi connectivity index (χ0v) is 15.3. The van der Waals surface area contributed by atoms with Crippen molar-refractivity contribution >= 4 is 33.7 Å². The Hall–Kier alpha value is -1.41. The lowest BCUT2D eigenvalue weighted by Gasteiger charge is -2.22. The van der Waals surface area contributed by atoms with Crippen LogP contribution < -0.4 is 5.32 Å². The van der Waals surface area contributed by atoms with Gasteiger partial charge in [-0.25, -0.2) is 14.6 Å². The van der Waals surface area contributed by atoms with Crippen LogP contribution in [0.15, 0.2) is 29.4 Å². The summed E-state index contributed by atoms with van der Waals surface area (Å²) in [5, 5.41) is 3.39. The standard InChI is InChI=1S/C15H22N2O4S2/c1-5-20-13(18)11(17-14(19)21-15(2,3)4)10-22-23-12-8-6-7-9-16-12/h6-9,11H,5,10H2,1-4H3,(H,17,19). The molecule has 1 aromatic rings. The molecule has 0 aromatic carbocycles. The maximum atomic E-state index is 12.0. The van der Waals surface area contributed by atoms with Crippen molar-refractivity contribution in [3.63, 3.8) is 0 Å². The molecule has 0 bridgehead atoms. The minimum Gasteiger partial charge on any atom is -0.464 e. The fraction of sp³-hybridized carbons (Fsp3) is 0.533. The van der Waals surface area contributed by atoms with Gasteiger partial charge in [-0.1, -0.05) is 16.9 Å². The van der Waals surface area contributed by atoms with Gasteiger partial charge in [0.2, 0.25) is 0 Å². The van der Waals surface area contributed by atoms with Gasteiger partial charge in [-0.05, 0) is 50.6 Å². The summed E-state index contributed by atoms with van der Waals surface area (Å²) in [4.78, 5) is 28.0. The molecule has 1 rings (SSSR count). The van der Waals surface area contributed by atoms with E-state index in [1.54, 1.807) is 33.9 Å². The minimum absolute atomic E-state index is 0.253. The minimum atomic E-state index is -0.772. The molecule has 0 aliphatic carbocycles. The molecule has 0 radical (unpaired) electrons. The molecule has 0 fully saturated rings. The molecule has 1 unspecified atom stereocenters. The predicted molar refractivity (Wildman–Crippen MR) is 92.3 cm³/mol. The molecule has 0 aliphatic rings. The quantitative estimate of drug-likeness (QED) is 0.592. The third-order valence-corrected chi connectivity index (χ3v) is 4.55. The van der Waals surface area contributed by atoms with Gasteiger partial charge in [0.25, 0.3) is 0 Å². The molecule has 1 aromatic heterocycles. The van der Waals surface area contributed by atoms with Crippen LogP contribution >= 0.6 is 21.6 Å². The average Bonchev–Trinajstić information content (AvgIpc) is 2.45. The Morgan fingerprint density at radius 1 is 1.35 bits per heavy atom. The van der Waals surface area contributed by atoms with Gasteiger partial charge in [0.15, 0.2) is 0 Å². The van der Waals surface area contributed by atoms with Gasteiger partial charge in [0, 0.05) is 11.9 Å². The van der Waals surface area contributed by atoms with Crippen LogP contribution in [0.25, 0.3) is 0 Å². The van der Waals surface area contributed by atoms with Gasteiger partial charge in [-0.15, -0.1) is 0 Å². The van der Waals surface area contributed by atoms with Crippen molar-refractivity contribution in [2.75, 3.05) is 12.4 Å². The van der Waals surface area contributed by atoms with Gasteiger partial charge in [-0.3, -0.25) is 0 Å². The van der Waals surface area contributed by atoms with E-state index in [9.17, 15) is 9.59 Å². The summed E-state index contributed by atoms with van der Waals surface area (Å²) in [5.74, 6) is -0.133. The SMILES string of the molecule is CCOC(=O)C(CSSc1ccccn1)NC(=O)OC(C)(C)C. The summed E-state index contributed by atoms with van der Waals surface area (Å²) < 4.78 is 10.2. The number of hydrogen-bond acceptors (Lipinski definition) is 7. The van der Waals surface area contributed by atoms with E-state index in [0.717, 1.165) is 5.03 Å². The largest absolute Gasteiger partial charge is 0.464 e. The average molecular weight is 358 g/mol. The summed E-state index contributed by atoms with van der Waals surface area (Å²) in [6.45, 7) is 7.26. The Bertz CT molecular complexity index is 506. The van der Waals surface area contributed by atoms with Crippen molar-refractivity contribution in [2.45, 2.75) is 44.4 Å². The summed E-state index contributed by atoms with van der Waals surface area (Å²) in [7, 11) is 2.84. The van der Waals surface area contributed by atoms with Gasteiger partial charge in [0.1, 0.15) is 16.7 Å². The van der Waals surface area contributed by atoms with Crippen molar-refractivity contribution in [2.24, 2.45) is 0 Å². The number of hydrogen-bond donors (Lipinski definition) is 1. The third-order valence-electron chi connectivity index (χ3n) is 2.28. The van der Waals surface area contributed by atoms with Crippen LogP contribution in [0.2, 0.25) is 0 Å². The third kappa shape index (κ3) is 8.71. The van der Waals surface area contributed by atoms with Crippen LogP contribution in [0.1, 0.15) is 27.7 Å². The second kappa shape index (κ2) is 9.67. The van der Waals surface area contributed by atoms with Crippen LogP contribution in [-0.2, 0) is 14.3 Å². The van der Waals surface area contributed by atoms with Crippen molar-refractivity contribution in [3.8, 4) is 0 Å². The second-order valence-electron chi connectivity index (χ2n) is 5.49. The van der Waals surface area contributed by atoms with E-state index in [-0.39, 0.29) is 6.61 Å². The van der Waals surface area contributed by atoms with E-state index >= 15 is 0 Å². The Balaban J connectivity index is 2.55. The number of pyridine rings is 1. The number of carbonyl (C=O) groups excluding carboxylic acids is 2. The van der Waals surface area contributed by atoms with E-state index in [1.165, 1.54) is 21.6 Å². The molecule has 8 heteroatoms. The number of alkyl carbamates (subject to hydrolysis) is 1. The van der Waals surface area contributed by atoms with E-state index in [4.69, 9.17) is 9.47 Å². The van der Waals surface area contributed by atoms with Crippen LogP contribution in [0.5, 0.6) is 0 Å². The molecule has 6 nitrogen and oxygen atoms in total. The molecule has 23 heavy (non-hydrogen) atoms. The maximum Gasteiger partial charge on any atom is 0.408 e. The topological polar surface area (TPSA) is 77.5 Å². The number of aromatic nitrogens is 1. The highest BCUT2D eigenvalue weighted by molar-refractivity contribution is 8.76. The molecule has 0 saturated carbocycles. The van der Waals surface area contributed by atoms with Gasteiger partial charge in [-0.2, -0.15) is 0 Å². The number of nitrogens with one attached hydrogen (secondary N) is 1. The highest BCUT2D eigenvalue weighted by Crippen LogP contribution is 2.29. The first-order valence-electron chi connectivity index (χ1n) is 7.18. The normalized spacial score (nSPS) is 12.3. The first kappa shape index (κ1) is 19.6. The van der Waals surface area contributed by atoms with Crippen molar-refractivity contribution in [1.29, 1.82) is 0 Å². The number of rotatable bonds is 7. The molecule has 1 atom stereocenters. The summed E-state index contributed by atoms with van der Waals surface area (Å²) in [6.07, 6.45) is 1.06. The van der Waals surface area contributed by atoms with E-state index in [2.05, 4.69) is 10.3 Å². The van der Waals surface area contributed by atoms with Gasteiger partial charge < -0.3 is 14.8 Å². The molecule has 1 N–H and O–H groups in total. The molecule has 128 valence electrons. The fourth-order valence-corrected chi connectivity index (χ4v) is 3.47. The number of nitrogens with zero attached hydrogens (tertiary/aromatic N) is 1. The fourth-order valence-electron chi connectivity index (χ4n) is 1.42. The van der Waals surface area contributed by atoms with Crippen LogP contribution in [0, 0.1) is 0 Å². The highest BCUT2D eigenvalue weighted by Gasteiger charge is 2.25. The van der Waals surface area contributed by atoms with Crippen LogP contribution in [0.3, 0.4) is 0 Å². The lowest BCUT2D eigenvalue weighted by Crippen LogP contribution is -2.45. The molecule has 1 heterocycles. The summed E-state index contributed by atoms with van der Waals surface area (Å²) in [6, 6.07) is 4.82. The first-order chi connectivity index (χ1) is 10.8. The Morgan fingerprint density at radius 2 is 2.09 bits per heavy atom. The number of esters is 1. The highest BCUT2D eigenvalue weighted by atomic mass is 33.1. The van der Waals surface area contributed by atoms with E-state index in [1.807, 2.05) is 18.2 Å². The predicted octanol–water partition coefficient (Wildman–Crippen LogP) is 3.28. The van der Waals surface area contributed by atoms with E-state index < -0.39 is 23.7 Å². The van der Waals surface area contributed by atoms with Crippen molar-refractivity contribution in [3.05, 3.63) is 24.4 Å². The van der Waals surface area contributed by atoms with Crippen LogP contribution in [0.4, 0.5) is 4.79 Å². The monoisotopic (exact) mass is 358 g/mol. The first-order valence-corrected chi connectivity index (χ1v) is 9.50. The maximum absolute atomic E-state index is 12.0. The lowest BCUT2D eigenvalue weighted by atomic mass is 10.2. The smallest absolute Gasteiger partial charge is 0.408 e. The number of ether oxygens (including phenoxy) is 2.